The van der Waals surface area contributed by atoms with Crippen LogP contribution in [0.4, 0.5) is 8.78 Å². The summed E-state index contributed by atoms with van der Waals surface area (Å²) in [5.74, 6) is -1.55. The van der Waals surface area contributed by atoms with Gasteiger partial charge in [-0.1, -0.05) is 36.8 Å². The summed E-state index contributed by atoms with van der Waals surface area (Å²) in [4.78, 5) is 11.5. The first-order chi connectivity index (χ1) is 13.1. The second-order valence-corrected chi connectivity index (χ2v) is 7.75. The largest absolute Gasteiger partial charge is 0.466 e. The van der Waals surface area contributed by atoms with Gasteiger partial charge in [0.2, 0.25) is 0 Å². The first-order valence-electron chi connectivity index (χ1n) is 9.84. The lowest BCUT2D eigenvalue weighted by atomic mass is 9.90. The Morgan fingerprint density at radius 2 is 1.79 bits per heavy atom. The van der Waals surface area contributed by atoms with Crippen LogP contribution in [0.5, 0.6) is 0 Å². The maximum Gasteiger partial charge on any atom is 0.306 e. The van der Waals surface area contributed by atoms with E-state index in [0.29, 0.717) is 17.4 Å². The SMILES string of the molecule is C=C(/C=C(\C(F)=C(/F)CCC(=O)OCC)c1c(C)cc(C)cc1C)C1CC1C. The van der Waals surface area contributed by atoms with Crippen molar-refractivity contribution in [2.24, 2.45) is 11.8 Å². The smallest absolute Gasteiger partial charge is 0.306 e. The molecule has 2 unspecified atom stereocenters. The number of benzene rings is 1. The quantitative estimate of drug-likeness (QED) is 0.366. The van der Waals surface area contributed by atoms with Crippen molar-refractivity contribution in [1.29, 1.82) is 0 Å². The summed E-state index contributed by atoms with van der Waals surface area (Å²) in [6.07, 6.45) is 2.19. The molecule has 1 aliphatic rings. The van der Waals surface area contributed by atoms with E-state index >= 15 is 4.39 Å². The second kappa shape index (κ2) is 9.31. The van der Waals surface area contributed by atoms with Crippen LogP contribution in [0.1, 0.15) is 55.4 Å². The van der Waals surface area contributed by atoms with Gasteiger partial charge in [-0.25, -0.2) is 8.78 Å². The molecule has 0 radical (unpaired) electrons. The number of carbonyl (C=O) groups is 1. The molecule has 0 heterocycles. The summed E-state index contributed by atoms with van der Waals surface area (Å²) in [6.45, 7) is 13.9. The van der Waals surface area contributed by atoms with E-state index in [0.717, 1.165) is 28.7 Å². The fraction of sp³-hybridized carbons (Fsp3) is 0.458. The van der Waals surface area contributed by atoms with Crippen LogP contribution < -0.4 is 0 Å². The third-order valence-electron chi connectivity index (χ3n) is 5.19. The van der Waals surface area contributed by atoms with E-state index in [2.05, 4.69) is 13.5 Å². The van der Waals surface area contributed by atoms with E-state index in [1.807, 2.05) is 32.9 Å². The molecule has 1 aliphatic carbocycles. The predicted octanol–water partition coefficient (Wildman–Crippen LogP) is 6.70. The van der Waals surface area contributed by atoms with Gasteiger partial charge in [0.1, 0.15) is 5.83 Å². The van der Waals surface area contributed by atoms with Gasteiger partial charge in [-0.05, 0) is 68.7 Å². The monoisotopic (exact) mass is 388 g/mol. The van der Waals surface area contributed by atoms with E-state index in [4.69, 9.17) is 4.74 Å². The summed E-state index contributed by atoms with van der Waals surface area (Å²) in [7, 11) is 0. The fourth-order valence-electron chi connectivity index (χ4n) is 3.68. The molecule has 1 saturated carbocycles. The highest BCUT2D eigenvalue weighted by molar-refractivity contribution is 5.83. The Bertz CT molecular complexity index is 810. The zero-order chi connectivity index (χ0) is 21.0. The van der Waals surface area contributed by atoms with Gasteiger partial charge in [0.25, 0.3) is 0 Å². The average molecular weight is 388 g/mol. The molecule has 1 aromatic carbocycles. The van der Waals surface area contributed by atoms with E-state index < -0.39 is 17.6 Å². The van der Waals surface area contributed by atoms with Crippen molar-refractivity contribution in [2.75, 3.05) is 6.61 Å². The molecule has 0 spiro atoms. The maximum absolute atomic E-state index is 15.2. The highest BCUT2D eigenvalue weighted by Gasteiger charge is 2.34. The number of allylic oxidation sites excluding steroid dienone is 5. The molecular weight excluding hydrogens is 358 g/mol. The Labute approximate surface area is 167 Å². The first-order valence-corrected chi connectivity index (χ1v) is 9.84. The van der Waals surface area contributed by atoms with Crippen molar-refractivity contribution < 1.29 is 18.3 Å². The first kappa shape index (κ1) is 22.1. The van der Waals surface area contributed by atoms with Crippen molar-refractivity contribution in [2.45, 2.75) is 53.9 Å². The Hall–Kier alpha value is -2.23. The van der Waals surface area contributed by atoms with Crippen LogP contribution in [0.15, 0.2) is 42.0 Å². The van der Waals surface area contributed by atoms with Crippen LogP contribution in [0.2, 0.25) is 0 Å². The third kappa shape index (κ3) is 5.40. The molecule has 0 aliphatic heterocycles. The molecule has 2 rings (SSSR count). The van der Waals surface area contributed by atoms with Gasteiger partial charge in [0, 0.05) is 12.0 Å². The van der Waals surface area contributed by atoms with Crippen LogP contribution >= 0.6 is 0 Å². The zero-order valence-electron chi connectivity index (χ0n) is 17.5. The van der Waals surface area contributed by atoms with E-state index in [9.17, 15) is 9.18 Å². The minimum absolute atomic E-state index is 0.188. The molecule has 4 heteroatoms. The summed E-state index contributed by atoms with van der Waals surface area (Å²) in [5, 5.41) is 0. The number of aryl methyl sites for hydroxylation is 3. The molecule has 0 amide bonds. The Morgan fingerprint density at radius 1 is 1.21 bits per heavy atom. The number of ether oxygens (including phenoxy) is 1. The number of hydrogen-bond donors (Lipinski definition) is 0. The summed E-state index contributed by atoms with van der Waals surface area (Å²) in [5.41, 5.74) is 4.54. The van der Waals surface area contributed by atoms with Crippen LogP contribution in [0.25, 0.3) is 5.57 Å². The summed E-state index contributed by atoms with van der Waals surface area (Å²) >= 11 is 0. The number of hydrogen-bond acceptors (Lipinski definition) is 2. The molecule has 1 aromatic rings. The molecule has 2 nitrogen and oxygen atoms in total. The highest BCUT2D eigenvalue weighted by Crippen LogP contribution is 2.45. The normalized spacial score (nSPS) is 19.9. The van der Waals surface area contributed by atoms with Gasteiger partial charge < -0.3 is 4.74 Å². The standard InChI is InChI=1S/C24H30F2O2/c1-7-28-22(27)9-8-21(25)24(26)20(13-16(4)19-12-15(19)3)23-17(5)10-14(2)11-18(23)6/h10-11,13,15,19H,4,7-9,12H2,1-3,5-6H3/b20-13-,24-21+. The molecule has 0 saturated heterocycles. The van der Waals surface area contributed by atoms with Crippen molar-refractivity contribution in [3.63, 3.8) is 0 Å². The molecule has 28 heavy (non-hydrogen) atoms. The molecule has 1 fully saturated rings. The van der Waals surface area contributed by atoms with E-state index in [-0.39, 0.29) is 25.0 Å². The molecular formula is C24H30F2O2. The molecule has 152 valence electrons. The molecule has 0 bridgehead atoms. The van der Waals surface area contributed by atoms with Gasteiger partial charge in [-0.15, -0.1) is 0 Å². The van der Waals surface area contributed by atoms with Crippen molar-refractivity contribution >= 4 is 11.5 Å². The number of halogens is 2. The Balaban J connectivity index is 2.44. The van der Waals surface area contributed by atoms with Gasteiger partial charge in [-0.2, -0.15) is 0 Å². The van der Waals surface area contributed by atoms with Crippen LogP contribution in [-0.2, 0) is 9.53 Å². The van der Waals surface area contributed by atoms with Crippen molar-refractivity contribution in [1.82, 2.24) is 0 Å². The average Bonchev–Trinajstić information content (AvgIpc) is 3.34. The highest BCUT2D eigenvalue weighted by atomic mass is 19.2. The van der Waals surface area contributed by atoms with E-state index in [1.54, 1.807) is 13.0 Å². The van der Waals surface area contributed by atoms with Gasteiger partial charge in [0.15, 0.2) is 5.83 Å². The fourth-order valence-corrected chi connectivity index (χ4v) is 3.68. The van der Waals surface area contributed by atoms with Crippen molar-refractivity contribution in [3.05, 3.63) is 64.3 Å². The Kier molecular flexibility index (Phi) is 7.34. The number of rotatable bonds is 8. The van der Waals surface area contributed by atoms with Crippen LogP contribution in [0.3, 0.4) is 0 Å². The lowest BCUT2D eigenvalue weighted by Gasteiger charge is -2.16. The van der Waals surface area contributed by atoms with Gasteiger partial charge in [-0.3, -0.25) is 4.79 Å². The van der Waals surface area contributed by atoms with Gasteiger partial charge >= 0.3 is 5.97 Å². The third-order valence-corrected chi connectivity index (χ3v) is 5.19. The lowest BCUT2D eigenvalue weighted by Crippen LogP contribution is -2.04. The number of esters is 1. The predicted molar refractivity (Wildman–Crippen MR) is 110 cm³/mol. The molecule has 2 atom stereocenters. The topological polar surface area (TPSA) is 26.3 Å². The minimum atomic E-state index is -0.935. The molecule has 0 N–H and O–H groups in total. The minimum Gasteiger partial charge on any atom is -0.466 e. The summed E-state index contributed by atoms with van der Waals surface area (Å²) < 4.78 is 34.7. The molecule has 0 aromatic heterocycles. The van der Waals surface area contributed by atoms with Gasteiger partial charge in [0.05, 0.1) is 13.0 Å². The van der Waals surface area contributed by atoms with E-state index in [1.165, 1.54) is 0 Å². The maximum atomic E-state index is 15.2. The lowest BCUT2D eigenvalue weighted by molar-refractivity contribution is -0.143. The van der Waals surface area contributed by atoms with Crippen LogP contribution in [-0.4, -0.2) is 12.6 Å². The Morgan fingerprint density at radius 3 is 2.29 bits per heavy atom. The summed E-state index contributed by atoms with van der Waals surface area (Å²) in [6, 6.07) is 3.92. The van der Waals surface area contributed by atoms with Crippen LogP contribution in [0, 0.1) is 32.6 Å². The number of carbonyl (C=O) groups excluding carboxylic acids is 1. The van der Waals surface area contributed by atoms with Crippen molar-refractivity contribution in [3.8, 4) is 0 Å². The second-order valence-electron chi connectivity index (χ2n) is 7.75. The zero-order valence-corrected chi connectivity index (χ0v) is 17.5.